The summed E-state index contributed by atoms with van der Waals surface area (Å²) in [6.07, 6.45) is 1.42. The third-order valence-electron chi connectivity index (χ3n) is 2.60. The summed E-state index contributed by atoms with van der Waals surface area (Å²) in [4.78, 5) is 28.6. The molecule has 0 aliphatic rings. The second-order valence-electron chi connectivity index (χ2n) is 4.63. The number of nitrogens with zero attached hydrogens (tertiary/aromatic N) is 2. The van der Waals surface area contributed by atoms with Gasteiger partial charge in [0.05, 0.1) is 10.9 Å². The Hall–Kier alpha value is -2.04. The molecule has 0 aliphatic carbocycles. The standard InChI is InChI=1S/C14H13N3O2S2/c1-8(2)17-13(19)10(5-15)12(18)11-6-16-14(21-11)9-3-4-20-7-9/h3-4,6-8,10H,1-2H3,(H,17,19)/t10-/m0/s1. The summed E-state index contributed by atoms with van der Waals surface area (Å²) in [5.41, 5.74) is 0.934. The zero-order valence-electron chi connectivity index (χ0n) is 11.5. The molecule has 5 nitrogen and oxygen atoms in total. The van der Waals surface area contributed by atoms with E-state index in [1.807, 2.05) is 16.8 Å². The van der Waals surface area contributed by atoms with Gasteiger partial charge in [-0.25, -0.2) is 4.98 Å². The van der Waals surface area contributed by atoms with E-state index in [0.717, 1.165) is 5.56 Å². The first-order valence-electron chi connectivity index (χ1n) is 6.25. The summed E-state index contributed by atoms with van der Waals surface area (Å²) >= 11 is 2.73. The molecule has 2 rings (SSSR count). The first-order chi connectivity index (χ1) is 10.0. The Morgan fingerprint density at radius 1 is 1.43 bits per heavy atom. The van der Waals surface area contributed by atoms with Crippen molar-refractivity contribution in [2.75, 3.05) is 0 Å². The van der Waals surface area contributed by atoms with Crippen molar-refractivity contribution in [3.05, 3.63) is 27.9 Å². The quantitative estimate of drug-likeness (QED) is 0.678. The zero-order valence-corrected chi connectivity index (χ0v) is 13.1. The summed E-state index contributed by atoms with van der Waals surface area (Å²) in [6.45, 7) is 3.55. The molecule has 0 bridgehead atoms. The minimum atomic E-state index is -1.33. The molecule has 2 aromatic rings. The molecule has 0 fully saturated rings. The van der Waals surface area contributed by atoms with Crippen molar-refractivity contribution in [2.45, 2.75) is 19.9 Å². The van der Waals surface area contributed by atoms with Gasteiger partial charge in [0.15, 0.2) is 5.92 Å². The van der Waals surface area contributed by atoms with Gasteiger partial charge in [0.1, 0.15) is 5.01 Å². The van der Waals surface area contributed by atoms with Crippen molar-refractivity contribution in [1.82, 2.24) is 10.3 Å². The normalized spacial score (nSPS) is 11.9. The van der Waals surface area contributed by atoms with Crippen LogP contribution in [0, 0.1) is 17.2 Å². The summed E-state index contributed by atoms with van der Waals surface area (Å²) in [6, 6.07) is 3.56. The Morgan fingerprint density at radius 3 is 2.76 bits per heavy atom. The zero-order chi connectivity index (χ0) is 15.4. The van der Waals surface area contributed by atoms with Crippen molar-refractivity contribution < 1.29 is 9.59 Å². The highest BCUT2D eigenvalue weighted by atomic mass is 32.1. The van der Waals surface area contributed by atoms with Crippen LogP contribution in [0.25, 0.3) is 10.6 Å². The van der Waals surface area contributed by atoms with E-state index in [-0.39, 0.29) is 6.04 Å². The fraction of sp³-hybridized carbons (Fsp3) is 0.286. The lowest BCUT2D eigenvalue weighted by atomic mass is 10.0. The summed E-state index contributed by atoms with van der Waals surface area (Å²) in [5, 5.41) is 16.2. The predicted molar refractivity (Wildman–Crippen MR) is 82.1 cm³/mol. The van der Waals surface area contributed by atoms with Crippen LogP contribution in [0.5, 0.6) is 0 Å². The van der Waals surface area contributed by atoms with Gasteiger partial charge in [-0.3, -0.25) is 9.59 Å². The molecule has 2 aromatic heterocycles. The average Bonchev–Trinajstić information content (AvgIpc) is 3.09. The topological polar surface area (TPSA) is 82.9 Å². The molecule has 21 heavy (non-hydrogen) atoms. The average molecular weight is 319 g/mol. The lowest BCUT2D eigenvalue weighted by Gasteiger charge is -2.10. The molecule has 108 valence electrons. The Bertz CT molecular complexity index is 683. The van der Waals surface area contributed by atoms with E-state index in [0.29, 0.717) is 9.88 Å². The van der Waals surface area contributed by atoms with E-state index < -0.39 is 17.6 Å². The summed E-state index contributed by atoms with van der Waals surface area (Å²) in [5.74, 6) is -2.40. The van der Waals surface area contributed by atoms with Crippen molar-refractivity contribution in [1.29, 1.82) is 5.26 Å². The highest BCUT2D eigenvalue weighted by molar-refractivity contribution is 7.17. The third-order valence-corrected chi connectivity index (χ3v) is 4.35. The first kappa shape index (κ1) is 15.4. The van der Waals surface area contributed by atoms with Crippen LogP contribution in [0.15, 0.2) is 23.0 Å². The molecule has 1 amide bonds. The lowest BCUT2D eigenvalue weighted by Crippen LogP contribution is -2.38. The van der Waals surface area contributed by atoms with E-state index >= 15 is 0 Å². The molecule has 0 spiro atoms. The van der Waals surface area contributed by atoms with Crippen LogP contribution in [0.2, 0.25) is 0 Å². The Morgan fingerprint density at radius 2 is 2.19 bits per heavy atom. The van der Waals surface area contributed by atoms with Crippen LogP contribution in [-0.2, 0) is 4.79 Å². The summed E-state index contributed by atoms with van der Waals surface area (Å²) in [7, 11) is 0. The smallest absolute Gasteiger partial charge is 0.245 e. The van der Waals surface area contributed by atoms with Crippen LogP contribution in [0.3, 0.4) is 0 Å². The van der Waals surface area contributed by atoms with Gasteiger partial charge in [-0.1, -0.05) is 0 Å². The van der Waals surface area contributed by atoms with Gasteiger partial charge < -0.3 is 5.32 Å². The van der Waals surface area contributed by atoms with Gasteiger partial charge in [-0.15, -0.1) is 11.3 Å². The monoisotopic (exact) mass is 319 g/mol. The Balaban J connectivity index is 2.19. The van der Waals surface area contributed by atoms with Crippen LogP contribution in [-0.4, -0.2) is 22.7 Å². The van der Waals surface area contributed by atoms with E-state index in [1.165, 1.54) is 28.9 Å². The van der Waals surface area contributed by atoms with Crippen molar-refractivity contribution in [2.24, 2.45) is 5.92 Å². The number of amides is 1. The number of Topliss-reactive ketones (excluding diaryl/α,β-unsaturated/α-hetero) is 1. The number of carbonyl (C=O) groups excluding carboxylic acids is 2. The number of hydrogen-bond acceptors (Lipinski definition) is 6. The SMILES string of the molecule is CC(C)NC(=O)[C@@H](C#N)C(=O)c1cnc(-c2ccsc2)s1. The molecule has 7 heteroatoms. The number of hydrogen-bond donors (Lipinski definition) is 1. The predicted octanol–water partition coefficient (Wildman–Crippen LogP) is 2.72. The van der Waals surface area contributed by atoms with E-state index in [1.54, 1.807) is 19.9 Å². The van der Waals surface area contributed by atoms with Crippen LogP contribution in [0.1, 0.15) is 23.5 Å². The number of carbonyl (C=O) groups is 2. The second-order valence-corrected chi connectivity index (χ2v) is 6.44. The minimum absolute atomic E-state index is 0.121. The molecule has 0 saturated heterocycles. The number of thiazole rings is 1. The highest BCUT2D eigenvalue weighted by Crippen LogP contribution is 2.28. The highest BCUT2D eigenvalue weighted by Gasteiger charge is 2.29. The number of nitrogens with one attached hydrogen (secondary N) is 1. The van der Waals surface area contributed by atoms with Gasteiger partial charge in [0.2, 0.25) is 11.7 Å². The Labute approximate surface area is 130 Å². The van der Waals surface area contributed by atoms with Gasteiger partial charge in [-0.05, 0) is 25.3 Å². The molecule has 0 unspecified atom stereocenters. The Kier molecular flexibility index (Phi) is 4.83. The van der Waals surface area contributed by atoms with Crippen molar-refractivity contribution in [3.8, 4) is 16.6 Å². The molecular formula is C14H13N3O2S2. The van der Waals surface area contributed by atoms with Crippen LogP contribution in [0.4, 0.5) is 0 Å². The maximum atomic E-state index is 12.3. The second kappa shape index (κ2) is 6.61. The maximum Gasteiger partial charge on any atom is 0.245 e. The van der Waals surface area contributed by atoms with E-state index in [2.05, 4.69) is 10.3 Å². The van der Waals surface area contributed by atoms with Gasteiger partial charge in [0.25, 0.3) is 0 Å². The third kappa shape index (κ3) is 3.54. The molecule has 2 heterocycles. The largest absolute Gasteiger partial charge is 0.352 e. The number of rotatable bonds is 5. The summed E-state index contributed by atoms with van der Waals surface area (Å²) < 4.78 is 0. The van der Waals surface area contributed by atoms with Crippen molar-refractivity contribution >= 4 is 34.4 Å². The fourth-order valence-corrected chi connectivity index (χ4v) is 3.25. The molecule has 1 N–H and O–H groups in total. The number of nitriles is 1. The fourth-order valence-electron chi connectivity index (χ4n) is 1.65. The van der Waals surface area contributed by atoms with E-state index in [4.69, 9.17) is 5.26 Å². The number of thiophene rings is 1. The molecule has 0 aromatic carbocycles. The molecule has 0 aliphatic heterocycles. The van der Waals surface area contributed by atoms with Crippen molar-refractivity contribution in [3.63, 3.8) is 0 Å². The molecule has 0 saturated carbocycles. The molecule has 1 atom stereocenters. The van der Waals surface area contributed by atoms with Gasteiger partial charge >= 0.3 is 0 Å². The first-order valence-corrected chi connectivity index (χ1v) is 8.01. The van der Waals surface area contributed by atoms with Crippen LogP contribution >= 0.6 is 22.7 Å². The maximum absolute atomic E-state index is 12.3. The van der Waals surface area contributed by atoms with Gasteiger partial charge in [-0.2, -0.15) is 16.6 Å². The van der Waals surface area contributed by atoms with E-state index in [9.17, 15) is 9.59 Å². The number of ketones is 1. The minimum Gasteiger partial charge on any atom is -0.352 e. The van der Waals surface area contributed by atoms with Crippen LogP contribution < -0.4 is 5.32 Å². The number of aromatic nitrogens is 1. The molecule has 0 radical (unpaired) electrons. The molecular weight excluding hydrogens is 306 g/mol. The lowest BCUT2D eigenvalue weighted by molar-refractivity contribution is -0.122. The van der Waals surface area contributed by atoms with Gasteiger partial charge in [0, 0.05) is 23.2 Å².